The lowest BCUT2D eigenvalue weighted by Gasteiger charge is -2.15. The van der Waals surface area contributed by atoms with Crippen LogP contribution in [0.3, 0.4) is 0 Å². The maximum absolute atomic E-state index is 12.7. The molecule has 3 heterocycles. The molecule has 0 fully saturated rings. The van der Waals surface area contributed by atoms with Gasteiger partial charge in [-0.05, 0) is 30.7 Å². The van der Waals surface area contributed by atoms with Gasteiger partial charge in [0.15, 0.2) is 6.10 Å². The number of aromatic nitrogens is 3. The van der Waals surface area contributed by atoms with E-state index in [1.54, 1.807) is 45.3 Å². The van der Waals surface area contributed by atoms with Gasteiger partial charge in [-0.25, -0.2) is 4.98 Å². The first-order chi connectivity index (χ1) is 13.6. The zero-order chi connectivity index (χ0) is 21.3. The van der Waals surface area contributed by atoms with Crippen LogP contribution in [-0.2, 0) is 4.79 Å². The molecule has 3 rings (SSSR count). The summed E-state index contributed by atoms with van der Waals surface area (Å²) in [4.78, 5) is 24.1. The number of aryl methyl sites for hydroxylation is 1. The highest BCUT2D eigenvalue weighted by Crippen LogP contribution is 2.33. The summed E-state index contributed by atoms with van der Waals surface area (Å²) in [7, 11) is 0. The topological polar surface area (TPSA) is 88.0 Å². The van der Waals surface area contributed by atoms with Gasteiger partial charge in [0.05, 0.1) is 11.4 Å². The van der Waals surface area contributed by atoms with Crippen molar-refractivity contribution in [1.82, 2.24) is 15.0 Å². The van der Waals surface area contributed by atoms with E-state index < -0.39 is 18.0 Å². The highest BCUT2D eigenvalue weighted by Gasteiger charge is 2.40. The molecular weight excluding hydrogens is 385 g/mol. The minimum Gasteiger partial charge on any atom is -0.378 e. The van der Waals surface area contributed by atoms with Crippen molar-refractivity contribution in [3.05, 3.63) is 48.0 Å². The van der Waals surface area contributed by atoms with Gasteiger partial charge in [0.25, 0.3) is 0 Å². The average Bonchev–Trinajstić information content (AvgIpc) is 2.66. The number of anilines is 1. The number of pyridine rings is 3. The Labute approximate surface area is 164 Å². The number of aliphatic hydroxyl groups excluding tert-OH is 1. The molecule has 2 N–H and O–H groups in total. The van der Waals surface area contributed by atoms with E-state index in [1.807, 2.05) is 0 Å². The molecule has 1 atom stereocenters. The van der Waals surface area contributed by atoms with Crippen LogP contribution in [0.15, 0.2) is 36.8 Å². The summed E-state index contributed by atoms with van der Waals surface area (Å²) < 4.78 is 38.1. The molecule has 0 saturated heterocycles. The van der Waals surface area contributed by atoms with E-state index in [-0.39, 0.29) is 11.8 Å². The molecule has 0 bridgehead atoms. The van der Waals surface area contributed by atoms with Gasteiger partial charge in [-0.15, -0.1) is 0 Å². The first kappa shape index (κ1) is 20.7. The van der Waals surface area contributed by atoms with Crippen molar-refractivity contribution in [3.8, 4) is 11.3 Å². The van der Waals surface area contributed by atoms with Crippen LogP contribution in [0.1, 0.15) is 31.2 Å². The molecular formula is C20H19F3N4O2. The summed E-state index contributed by atoms with van der Waals surface area (Å²) in [5.74, 6) is 0.0839. The third kappa shape index (κ3) is 4.51. The van der Waals surface area contributed by atoms with Crippen LogP contribution in [-0.4, -0.2) is 32.1 Å². The first-order valence-electron chi connectivity index (χ1n) is 8.84. The summed E-state index contributed by atoms with van der Waals surface area (Å²) in [6, 6.07) is 4.63. The van der Waals surface area contributed by atoms with E-state index in [0.29, 0.717) is 22.6 Å². The predicted molar refractivity (Wildman–Crippen MR) is 102 cm³/mol. The largest absolute Gasteiger partial charge is 0.420 e. The second-order valence-corrected chi connectivity index (χ2v) is 7.00. The smallest absolute Gasteiger partial charge is 0.378 e. The van der Waals surface area contributed by atoms with Gasteiger partial charge in [-0.3, -0.25) is 14.8 Å². The fourth-order valence-corrected chi connectivity index (χ4v) is 2.69. The van der Waals surface area contributed by atoms with Gasteiger partial charge >= 0.3 is 6.18 Å². The Morgan fingerprint density at radius 2 is 1.69 bits per heavy atom. The van der Waals surface area contributed by atoms with Crippen LogP contribution in [0.4, 0.5) is 19.0 Å². The fourth-order valence-electron chi connectivity index (χ4n) is 2.69. The number of nitrogens with one attached hydrogen (secondary N) is 1. The van der Waals surface area contributed by atoms with Crippen molar-refractivity contribution >= 4 is 22.5 Å². The van der Waals surface area contributed by atoms with E-state index in [0.717, 1.165) is 10.8 Å². The average molecular weight is 404 g/mol. The third-order valence-electron chi connectivity index (χ3n) is 4.38. The van der Waals surface area contributed by atoms with Crippen LogP contribution in [0.5, 0.6) is 0 Å². The van der Waals surface area contributed by atoms with Crippen molar-refractivity contribution in [3.63, 3.8) is 0 Å². The molecule has 1 amide bonds. The molecule has 0 saturated carbocycles. The Hall–Kier alpha value is -3.07. The van der Waals surface area contributed by atoms with Gasteiger partial charge in [-0.2, -0.15) is 13.2 Å². The number of amides is 1. The van der Waals surface area contributed by atoms with Crippen LogP contribution >= 0.6 is 0 Å². The number of aliphatic hydroxyl groups is 1. The standard InChI is InChI=1S/C20H19F3N4O2/c1-10(2)19(29)27-17-6-13-7-24-15(5-12(13)8-26-17)14-9-25-16(4-11(14)3)18(28)20(21,22)23/h4-10,18,28H,1-3H3,(H,26,27,29)/t18-/m0/s1. The summed E-state index contributed by atoms with van der Waals surface area (Å²) in [6.45, 7) is 5.18. The Bertz CT molecular complexity index is 1070. The lowest BCUT2D eigenvalue weighted by atomic mass is 10.0. The number of nitrogens with zero attached hydrogens (tertiary/aromatic N) is 3. The molecule has 6 nitrogen and oxygen atoms in total. The zero-order valence-electron chi connectivity index (χ0n) is 15.9. The monoisotopic (exact) mass is 404 g/mol. The zero-order valence-corrected chi connectivity index (χ0v) is 15.9. The van der Waals surface area contributed by atoms with Crippen molar-refractivity contribution in [2.75, 3.05) is 5.32 Å². The Morgan fingerprint density at radius 1 is 1.03 bits per heavy atom. The van der Waals surface area contributed by atoms with E-state index in [1.165, 1.54) is 12.3 Å². The van der Waals surface area contributed by atoms with E-state index in [4.69, 9.17) is 0 Å². The SMILES string of the molecule is Cc1cc([C@H](O)C(F)(F)F)ncc1-c1cc2cnc(NC(=O)C(C)C)cc2cn1. The number of halogens is 3. The molecule has 0 aliphatic carbocycles. The van der Waals surface area contributed by atoms with Crippen molar-refractivity contribution in [1.29, 1.82) is 0 Å². The van der Waals surface area contributed by atoms with E-state index >= 15 is 0 Å². The Balaban J connectivity index is 1.91. The second-order valence-electron chi connectivity index (χ2n) is 7.00. The maximum atomic E-state index is 12.7. The molecule has 3 aromatic heterocycles. The van der Waals surface area contributed by atoms with Crippen LogP contribution < -0.4 is 5.32 Å². The predicted octanol–water partition coefficient (Wildman–Crippen LogP) is 4.19. The third-order valence-corrected chi connectivity index (χ3v) is 4.38. The van der Waals surface area contributed by atoms with Crippen LogP contribution in [0, 0.1) is 12.8 Å². The van der Waals surface area contributed by atoms with Crippen LogP contribution in [0.25, 0.3) is 22.0 Å². The summed E-state index contributed by atoms with van der Waals surface area (Å²) in [5.41, 5.74) is 1.09. The van der Waals surface area contributed by atoms with Gasteiger partial charge in [0.1, 0.15) is 5.82 Å². The molecule has 0 aromatic carbocycles. The van der Waals surface area contributed by atoms with Crippen molar-refractivity contribution in [2.24, 2.45) is 5.92 Å². The number of alkyl halides is 3. The summed E-state index contributed by atoms with van der Waals surface area (Å²) in [6.07, 6.45) is -2.98. The Kier molecular flexibility index (Phi) is 5.52. The molecule has 0 unspecified atom stereocenters. The van der Waals surface area contributed by atoms with Crippen molar-refractivity contribution in [2.45, 2.75) is 33.1 Å². The van der Waals surface area contributed by atoms with Gasteiger partial charge in [0, 0.05) is 40.8 Å². The Morgan fingerprint density at radius 3 is 2.31 bits per heavy atom. The molecule has 9 heteroatoms. The normalized spacial score (nSPS) is 13.0. The number of carbonyl (C=O) groups excluding carboxylic acids is 1. The molecule has 0 radical (unpaired) electrons. The first-order valence-corrected chi connectivity index (χ1v) is 8.84. The fraction of sp³-hybridized carbons (Fsp3) is 0.300. The molecule has 3 aromatic rings. The van der Waals surface area contributed by atoms with Gasteiger partial charge < -0.3 is 10.4 Å². The highest BCUT2D eigenvalue weighted by molar-refractivity contribution is 5.94. The number of rotatable bonds is 4. The number of hydrogen-bond donors (Lipinski definition) is 2. The van der Waals surface area contributed by atoms with E-state index in [2.05, 4.69) is 20.3 Å². The number of carbonyl (C=O) groups is 1. The summed E-state index contributed by atoms with van der Waals surface area (Å²) in [5, 5.41) is 13.6. The highest BCUT2D eigenvalue weighted by atomic mass is 19.4. The quantitative estimate of drug-likeness (QED) is 0.681. The lowest BCUT2D eigenvalue weighted by molar-refractivity contribution is -0.207. The minimum absolute atomic E-state index is 0.149. The number of hydrogen-bond acceptors (Lipinski definition) is 5. The lowest BCUT2D eigenvalue weighted by Crippen LogP contribution is -2.21. The minimum atomic E-state index is -4.78. The van der Waals surface area contributed by atoms with Crippen molar-refractivity contribution < 1.29 is 23.1 Å². The van der Waals surface area contributed by atoms with Crippen LogP contribution in [0.2, 0.25) is 0 Å². The summed E-state index contributed by atoms with van der Waals surface area (Å²) >= 11 is 0. The molecule has 152 valence electrons. The maximum Gasteiger partial charge on any atom is 0.420 e. The van der Waals surface area contributed by atoms with Gasteiger partial charge in [-0.1, -0.05) is 13.8 Å². The van der Waals surface area contributed by atoms with Gasteiger partial charge in [0.2, 0.25) is 5.91 Å². The molecule has 0 aliphatic heterocycles. The molecule has 0 aliphatic rings. The molecule has 29 heavy (non-hydrogen) atoms. The second kappa shape index (κ2) is 7.75. The number of fused-ring (bicyclic) bond motifs is 1. The van der Waals surface area contributed by atoms with E-state index in [9.17, 15) is 23.1 Å². The molecule has 0 spiro atoms.